The quantitative estimate of drug-likeness (QED) is 0.303. The minimum Gasteiger partial charge on any atom is -0.495 e. The summed E-state index contributed by atoms with van der Waals surface area (Å²) in [6.07, 6.45) is 0.826. The van der Waals surface area contributed by atoms with Crippen molar-refractivity contribution in [1.82, 2.24) is 0 Å². The number of benzene rings is 3. The standard InChI is InChI=1S/C20H20ClN3O.HI/c1-25-19-10-9-16(13-18(19)21)24-20(22)23-12-11-15-7-4-6-14-5-2-3-8-17(14)15;/h2-10,13H,11-12H2,1H3,(H3,22,23,24);1H. The number of ether oxygens (including phenoxy) is 1. The van der Waals surface area contributed by atoms with Crippen LogP contribution in [0, 0.1) is 0 Å². The minimum absolute atomic E-state index is 0. The minimum atomic E-state index is 0. The predicted molar refractivity (Wildman–Crippen MR) is 121 cm³/mol. The van der Waals surface area contributed by atoms with Gasteiger partial charge in [0.1, 0.15) is 5.75 Å². The third-order valence-electron chi connectivity index (χ3n) is 3.97. The Balaban J connectivity index is 0.00000243. The molecule has 3 aromatic carbocycles. The van der Waals surface area contributed by atoms with Gasteiger partial charge in [0.25, 0.3) is 0 Å². The van der Waals surface area contributed by atoms with Crippen molar-refractivity contribution in [3.05, 3.63) is 71.2 Å². The molecule has 0 aliphatic carbocycles. The first kappa shape index (κ1) is 20.3. The van der Waals surface area contributed by atoms with Gasteiger partial charge in [0.15, 0.2) is 5.96 Å². The second kappa shape index (κ2) is 9.64. The Labute approximate surface area is 175 Å². The molecule has 0 fully saturated rings. The van der Waals surface area contributed by atoms with Gasteiger partial charge < -0.3 is 15.8 Å². The lowest BCUT2D eigenvalue weighted by Crippen LogP contribution is -2.23. The molecule has 3 rings (SSSR count). The Hall–Kier alpha value is -1.99. The SMILES string of the molecule is COc1ccc(NC(N)=NCCc2cccc3ccccc23)cc1Cl.I. The van der Waals surface area contributed by atoms with E-state index in [2.05, 4.69) is 46.7 Å². The van der Waals surface area contributed by atoms with Gasteiger partial charge in [-0.3, -0.25) is 4.99 Å². The molecule has 0 spiro atoms. The monoisotopic (exact) mass is 481 g/mol. The molecule has 3 aromatic rings. The van der Waals surface area contributed by atoms with Crippen LogP contribution in [0.25, 0.3) is 10.8 Å². The van der Waals surface area contributed by atoms with Crippen molar-refractivity contribution in [3.8, 4) is 5.75 Å². The van der Waals surface area contributed by atoms with Crippen LogP contribution >= 0.6 is 35.6 Å². The number of nitrogens with two attached hydrogens (primary N) is 1. The van der Waals surface area contributed by atoms with E-state index in [0.29, 0.717) is 23.3 Å². The molecule has 26 heavy (non-hydrogen) atoms. The van der Waals surface area contributed by atoms with E-state index in [9.17, 15) is 0 Å². The Morgan fingerprint density at radius 1 is 1.12 bits per heavy atom. The first-order chi connectivity index (χ1) is 12.2. The molecule has 0 aliphatic heterocycles. The molecular formula is C20H21ClIN3O. The number of fused-ring (bicyclic) bond motifs is 1. The highest BCUT2D eigenvalue weighted by molar-refractivity contribution is 14.0. The summed E-state index contributed by atoms with van der Waals surface area (Å²) in [5, 5.41) is 6.07. The van der Waals surface area contributed by atoms with E-state index in [1.165, 1.54) is 16.3 Å². The van der Waals surface area contributed by atoms with Crippen LogP contribution in [0.4, 0.5) is 5.69 Å². The smallest absolute Gasteiger partial charge is 0.193 e. The van der Waals surface area contributed by atoms with Gasteiger partial charge in [0, 0.05) is 12.2 Å². The molecule has 0 heterocycles. The summed E-state index contributed by atoms with van der Waals surface area (Å²) < 4.78 is 5.13. The van der Waals surface area contributed by atoms with Crippen molar-refractivity contribution in [2.24, 2.45) is 10.7 Å². The summed E-state index contributed by atoms with van der Waals surface area (Å²) in [5.74, 6) is 0.986. The van der Waals surface area contributed by atoms with Crippen molar-refractivity contribution in [3.63, 3.8) is 0 Å². The highest BCUT2D eigenvalue weighted by atomic mass is 127. The van der Waals surface area contributed by atoms with Gasteiger partial charge in [0.2, 0.25) is 0 Å². The topological polar surface area (TPSA) is 59.6 Å². The number of hydrogen-bond donors (Lipinski definition) is 2. The van der Waals surface area contributed by atoms with Crippen molar-refractivity contribution >= 4 is 58.0 Å². The van der Waals surface area contributed by atoms with Crippen LogP contribution in [0.15, 0.2) is 65.7 Å². The maximum absolute atomic E-state index is 6.11. The second-order valence-electron chi connectivity index (χ2n) is 5.63. The number of guanidine groups is 1. The molecule has 0 aliphatic rings. The Morgan fingerprint density at radius 3 is 2.65 bits per heavy atom. The van der Waals surface area contributed by atoms with Gasteiger partial charge in [-0.15, -0.1) is 24.0 Å². The molecule has 0 unspecified atom stereocenters. The molecule has 0 bridgehead atoms. The molecular weight excluding hydrogens is 461 g/mol. The Kier molecular flexibility index (Phi) is 7.53. The summed E-state index contributed by atoms with van der Waals surface area (Å²) >= 11 is 6.11. The summed E-state index contributed by atoms with van der Waals surface area (Å²) in [6, 6.07) is 20.1. The highest BCUT2D eigenvalue weighted by Gasteiger charge is 2.03. The van der Waals surface area contributed by atoms with Crippen LogP contribution in [-0.2, 0) is 6.42 Å². The summed E-state index contributed by atoms with van der Waals surface area (Å²) in [5.41, 5.74) is 8.01. The molecule has 6 heteroatoms. The average Bonchev–Trinajstić information content (AvgIpc) is 2.62. The molecule has 0 radical (unpaired) electrons. The maximum Gasteiger partial charge on any atom is 0.193 e. The lowest BCUT2D eigenvalue weighted by atomic mass is 10.0. The van der Waals surface area contributed by atoms with Crippen molar-refractivity contribution in [2.75, 3.05) is 19.0 Å². The summed E-state index contributed by atoms with van der Waals surface area (Å²) in [4.78, 5) is 4.40. The Bertz CT molecular complexity index is 909. The number of hydrogen-bond acceptors (Lipinski definition) is 2. The normalized spacial score (nSPS) is 11.1. The van der Waals surface area contributed by atoms with Crippen molar-refractivity contribution in [2.45, 2.75) is 6.42 Å². The first-order valence-electron chi connectivity index (χ1n) is 8.04. The zero-order chi connectivity index (χ0) is 17.6. The van der Waals surface area contributed by atoms with Crippen LogP contribution in [0.3, 0.4) is 0 Å². The van der Waals surface area contributed by atoms with E-state index < -0.39 is 0 Å². The van der Waals surface area contributed by atoms with Crippen LogP contribution < -0.4 is 15.8 Å². The molecule has 4 nitrogen and oxygen atoms in total. The third-order valence-corrected chi connectivity index (χ3v) is 4.26. The third kappa shape index (κ3) is 5.02. The molecule has 0 aromatic heterocycles. The number of nitrogens with one attached hydrogen (secondary N) is 1. The summed E-state index contributed by atoms with van der Waals surface area (Å²) in [7, 11) is 1.58. The van der Waals surface area contributed by atoms with Gasteiger partial charge in [-0.25, -0.2) is 0 Å². The fourth-order valence-electron chi connectivity index (χ4n) is 2.74. The van der Waals surface area contributed by atoms with E-state index in [4.69, 9.17) is 22.1 Å². The van der Waals surface area contributed by atoms with Crippen molar-refractivity contribution in [1.29, 1.82) is 0 Å². The van der Waals surface area contributed by atoms with Crippen LogP contribution in [-0.4, -0.2) is 19.6 Å². The van der Waals surface area contributed by atoms with Gasteiger partial charge in [-0.1, -0.05) is 54.1 Å². The van der Waals surface area contributed by atoms with E-state index in [0.717, 1.165) is 12.1 Å². The highest BCUT2D eigenvalue weighted by Crippen LogP contribution is 2.27. The molecule has 0 amide bonds. The lowest BCUT2D eigenvalue weighted by molar-refractivity contribution is 0.415. The summed E-state index contributed by atoms with van der Waals surface area (Å²) in [6.45, 7) is 0.608. The largest absolute Gasteiger partial charge is 0.495 e. The van der Waals surface area contributed by atoms with E-state index in [1.54, 1.807) is 19.2 Å². The number of nitrogens with zero attached hydrogens (tertiary/aromatic N) is 1. The molecule has 136 valence electrons. The molecule has 0 saturated carbocycles. The second-order valence-corrected chi connectivity index (χ2v) is 6.04. The molecule has 0 saturated heterocycles. The average molecular weight is 482 g/mol. The van der Waals surface area contributed by atoms with Gasteiger partial charge in [0.05, 0.1) is 12.1 Å². The van der Waals surface area contributed by atoms with Crippen LogP contribution in [0.2, 0.25) is 5.02 Å². The fourth-order valence-corrected chi connectivity index (χ4v) is 3.00. The van der Waals surface area contributed by atoms with Crippen LogP contribution in [0.1, 0.15) is 5.56 Å². The first-order valence-corrected chi connectivity index (χ1v) is 8.42. The lowest BCUT2D eigenvalue weighted by Gasteiger charge is -2.09. The zero-order valence-electron chi connectivity index (χ0n) is 14.4. The van der Waals surface area contributed by atoms with Crippen molar-refractivity contribution < 1.29 is 4.74 Å². The number of anilines is 1. The Morgan fingerprint density at radius 2 is 1.88 bits per heavy atom. The maximum atomic E-state index is 6.11. The zero-order valence-corrected chi connectivity index (χ0v) is 17.5. The van der Waals surface area contributed by atoms with Gasteiger partial charge >= 0.3 is 0 Å². The number of methoxy groups -OCH3 is 1. The molecule has 0 atom stereocenters. The van der Waals surface area contributed by atoms with E-state index >= 15 is 0 Å². The number of halogens is 2. The predicted octanol–water partition coefficient (Wildman–Crippen LogP) is 5.09. The number of aliphatic imine (C=N–C) groups is 1. The van der Waals surface area contributed by atoms with Gasteiger partial charge in [-0.05, 0) is 41.0 Å². The van der Waals surface area contributed by atoms with E-state index in [1.807, 2.05) is 12.1 Å². The number of rotatable bonds is 5. The fraction of sp³-hybridized carbons (Fsp3) is 0.150. The van der Waals surface area contributed by atoms with Crippen LogP contribution in [0.5, 0.6) is 5.75 Å². The van der Waals surface area contributed by atoms with E-state index in [-0.39, 0.29) is 24.0 Å². The molecule has 3 N–H and O–H groups in total. The van der Waals surface area contributed by atoms with Gasteiger partial charge in [-0.2, -0.15) is 0 Å².